The Balaban J connectivity index is 3.13. The fraction of sp³-hybridized carbons (Fsp3) is 0.308. The topological polar surface area (TPSA) is 37.3 Å². The quantitative estimate of drug-likeness (QED) is 0.768. The number of rotatable bonds is 3. The molecule has 0 aliphatic carbocycles. The van der Waals surface area contributed by atoms with Gasteiger partial charge in [-0.1, -0.05) is 25.1 Å². The van der Waals surface area contributed by atoms with E-state index in [1.54, 1.807) is 13.0 Å². The van der Waals surface area contributed by atoms with Crippen LogP contribution in [0.3, 0.4) is 0 Å². The van der Waals surface area contributed by atoms with Crippen molar-refractivity contribution in [2.45, 2.75) is 27.2 Å². The standard InChI is InChI=1S/C13H16O2/c1-4-11-6-5-9(2)12(8-11)7-10(3)13(14)15/h5-8H,4H2,1-3H3,(H,14,15)/b10-7+. The normalized spacial score (nSPS) is 11.5. The van der Waals surface area contributed by atoms with Gasteiger partial charge in [0.25, 0.3) is 0 Å². The van der Waals surface area contributed by atoms with E-state index in [1.807, 2.05) is 19.1 Å². The Morgan fingerprint density at radius 2 is 2.13 bits per heavy atom. The number of hydrogen-bond donors (Lipinski definition) is 1. The van der Waals surface area contributed by atoms with Crippen molar-refractivity contribution in [3.63, 3.8) is 0 Å². The minimum Gasteiger partial charge on any atom is -0.478 e. The second-order valence-electron chi connectivity index (χ2n) is 3.68. The minimum atomic E-state index is -0.865. The molecule has 0 aromatic heterocycles. The molecule has 15 heavy (non-hydrogen) atoms. The number of carbonyl (C=O) groups is 1. The summed E-state index contributed by atoms with van der Waals surface area (Å²) >= 11 is 0. The first-order valence-corrected chi connectivity index (χ1v) is 5.05. The van der Waals surface area contributed by atoms with Gasteiger partial charge < -0.3 is 5.11 Å². The predicted molar refractivity (Wildman–Crippen MR) is 61.8 cm³/mol. The first-order valence-electron chi connectivity index (χ1n) is 5.05. The molecule has 0 aliphatic rings. The predicted octanol–water partition coefficient (Wildman–Crippen LogP) is 3.05. The minimum absolute atomic E-state index is 0.367. The zero-order chi connectivity index (χ0) is 11.4. The van der Waals surface area contributed by atoms with Crippen LogP contribution in [0.25, 0.3) is 6.08 Å². The molecule has 0 aliphatic heterocycles. The van der Waals surface area contributed by atoms with E-state index in [9.17, 15) is 4.79 Å². The van der Waals surface area contributed by atoms with Gasteiger partial charge in [0.15, 0.2) is 0 Å². The van der Waals surface area contributed by atoms with Gasteiger partial charge in [0.1, 0.15) is 0 Å². The van der Waals surface area contributed by atoms with Gasteiger partial charge in [-0.15, -0.1) is 0 Å². The van der Waals surface area contributed by atoms with Crippen molar-refractivity contribution in [2.24, 2.45) is 0 Å². The Morgan fingerprint density at radius 1 is 1.47 bits per heavy atom. The summed E-state index contributed by atoms with van der Waals surface area (Å²) in [5.74, 6) is -0.865. The maximum absolute atomic E-state index is 10.7. The Hall–Kier alpha value is -1.57. The molecular weight excluding hydrogens is 188 g/mol. The van der Waals surface area contributed by atoms with Gasteiger partial charge >= 0.3 is 5.97 Å². The number of aliphatic carboxylic acids is 1. The molecule has 0 amide bonds. The fourth-order valence-electron chi connectivity index (χ4n) is 1.36. The molecule has 0 bridgehead atoms. The van der Waals surface area contributed by atoms with Crippen LogP contribution in [-0.4, -0.2) is 11.1 Å². The van der Waals surface area contributed by atoms with Gasteiger partial charge in [-0.05, 0) is 43.0 Å². The lowest BCUT2D eigenvalue weighted by molar-refractivity contribution is -0.132. The molecule has 1 aromatic rings. The van der Waals surface area contributed by atoms with Crippen LogP contribution < -0.4 is 0 Å². The van der Waals surface area contributed by atoms with Crippen molar-refractivity contribution >= 4 is 12.0 Å². The van der Waals surface area contributed by atoms with Crippen LogP contribution in [0.1, 0.15) is 30.5 Å². The van der Waals surface area contributed by atoms with E-state index in [2.05, 4.69) is 13.0 Å². The highest BCUT2D eigenvalue weighted by atomic mass is 16.4. The molecule has 0 atom stereocenters. The van der Waals surface area contributed by atoms with Crippen LogP contribution in [0.5, 0.6) is 0 Å². The summed E-state index contributed by atoms with van der Waals surface area (Å²) in [5, 5.41) is 8.79. The second-order valence-corrected chi connectivity index (χ2v) is 3.68. The van der Waals surface area contributed by atoms with Crippen LogP contribution in [-0.2, 0) is 11.2 Å². The molecule has 2 heteroatoms. The van der Waals surface area contributed by atoms with Crippen LogP contribution in [0.4, 0.5) is 0 Å². The Morgan fingerprint density at radius 3 is 2.67 bits per heavy atom. The number of aryl methyl sites for hydroxylation is 2. The molecule has 80 valence electrons. The molecule has 0 radical (unpaired) electrons. The van der Waals surface area contributed by atoms with Crippen molar-refractivity contribution in [3.05, 3.63) is 40.5 Å². The summed E-state index contributed by atoms with van der Waals surface area (Å²) in [6.07, 6.45) is 2.68. The molecule has 0 fully saturated rings. The van der Waals surface area contributed by atoms with E-state index in [-0.39, 0.29) is 0 Å². The lowest BCUT2D eigenvalue weighted by Gasteiger charge is -2.04. The molecule has 1 N–H and O–H groups in total. The van der Waals surface area contributed by atoms with Crippen molar-refractivity contribution in [2.75, 3.05) is 0 Å². The Kier molecular flexibility index (Phi) is 3.67. The maximum Gasteiger partial charge on any atom is 0.331 e. The van der Waals surface area contributed by atoms with E-state index in [0.29, 0.717) is 5.57 Å². The summed E-state index contributed by atoms with van der Waals surface area (Å²) in [6.45, 7) is 5.68. The van der Waals surface area contributed by atoms with E-state index >= 15 is 0 Å². The Labute approximate surface area is 90.3 Å². The lowest BCUT2D eigenvalue weighted by atomic mass is 10.0. The van der Waals surface area contributed by atoms with Gasteiger partial charge in [0.2, 0.25) is 0 Å². The van der Waals surface area contributed by atoms with Crippen molar-refractivity contribution in [1.29, 1.82) is 0 Å². The highest BCUT2D eigenvalue weighted by Crippen LogP contribution is 2.15. The average molecular weight is 204 g/mol. The third-order valence-corrected chi connectivity index (χ3v) is 2.46. The van der Waals surface area contributed by atoms with Gasteiger partial charge in [-0.25, -0.2) is 4.79 Å². The van der Waals surface area contributed by atoms with E-state index in [4.69, 9.17) is 5.11 Å². The summed E-state index contributed by atoms with van der Waals surface area (Å²) in [6, 6.07) is 6.14. The third kappa shape index (κ3) is 2.94. The Bertz CT molecular complexity index is 403. The molecule has 1 rings (SSSR count). The summed E-state index contributed by atoms with van der Waals surface area (Å²) in [5.41, 5.74) is 3.69. The highest BCUT2D eigenvalue weighted by molar-refractivity contribution is 5.91. The zero-order valence-electron chi connectivity index (χ0n) is 9.37. The first kappa shape index (κ1) is 11.5. The largest absolute Gasteiger partial charge is 0.478 e. The fourth-order valence-corrected chi connectivity index (χ4v) is 1.36. The van der Waals surface area contributed by atoms with E-state index in [1.165, 1.54) is 5.56 Å². The maximum atomic E-state index is 10.7. The molecular formula is C13H16O2. The van der Waals surface area contributed by atoms with E-state index in [0.717, 1.165) is 17.5 Å². The number of benzene rings is 1. The SMILES string of the molecule is CCc1ccc(C)c(/C=C(\C)C(=O)O)c1. The molecule has 2 nitrogen and oxygen atoms in total. The van der Waals surface area contributed by atoms with Crippen LogP contribution in [0, 0.1) is 6.92 Å². The van der Waals surface area contributed by atoms with Crippen LogP contribution in [0.2, 0.25) is 0 Å². The summed E-state index contributed by atoms with van der Waals surface area (Å²) in [7, 11) is 0. The number of carboxylic acids is 1. The molecule has 0 spiro atoms. The number of hydrogen-bond acceptors (Lipinski definition) is 1. The van der Waals surface area contributed by atoms with Gasteiger partial charge in [0.05, 0.1) is 0 Å². The first-order chi connectivity index (χ1) is 7.04. The monoisotopic (exact) mass is 204 g/mol. The van der Waals surface area contributed by atoms with Crippen molar-refractivity contribution in [3.8, 4) is 0 Å². The smallest absolute Gasteiger partial charge is 0.331 e. The van der Waals surface area contributed by atoms with Crippen LogP contribution in [0.15, 0.2) is 23.8 Å². The summed E-state index contributed by atoms with van der Waals surface area (Å²) in [4.78, 5) is 10.7. The van der Waals surface area contributed by atoms with Crippen LogP contribution >= 0.6 is 0 Å². The van der Waals surface area contributed by atoms with Crippen molar-refractivity contribution < 1.29 is 9.90 Å². The second kappa shape index (κ2) is 4.78. The van der Waals surface area contributed by atoms with Gasteiger partial charge in [-0.2, -0.15) is 0 Å². The number of carboxylic acid groups (broad SMARTS) is 1. The van der Waals surface area contributed by atoms with Crippen molar-refractivity contribution in [1.82, 2.24) is 0 Å². The highest BCUT2D eigenvalue weighted by Gasteiger charge is 2.02. The van der Waals surface area contributed by atoms with E-state index < -0.39 is 5.97 Å². The molecule has 0 unspecified atom stereocenters. The third-order valence-electron chi connectivity index (χ3n) is 2.46. The molecule has 1 aromatic carbocycles. The zero-order valence-corrected chi connectivity index (χ0v) is 9.37. The van der Waals surface area contributed by atoms with Gasteiger partial charge in [0, 0.05) is 5.57 Å². The molecule has 0 heterocycles. The molecule has 0 saturated heterocycles. The average Bonchev–Trinajstić information content (AvgIpc) is 2.21. The molecule has 0 saturated carbocycles. The lowest BCUT2D eigenvalue weighted by Crippen LogP contribution is -1.96. The van der Waals surface area contributed by atoms with Gasteiger partial charge in [-0.3, -0.25) is 0 Å². The summed E-state index contributed by atoms with van der Waals surface area (Å²) < 4.78 is 0.